The minimum atomic E-state index is 0.493. The summed E-state index contributed by atoms with van der Waals surface area (Å²) in [5, 5.41) is 3.50. The lowest BCUT2D eigenvalue weighted by Gasteiger charge is -2.27. The average molecular weight is 256 g/mol. The molecule has 1 aliphatic carbocycles. The third-order valence-corrected chi connectivity index (χ3v) is 5.83. The number of hydrogen-bond acceptors (Lipinski definition) is 3. The lowest BCUT2D eigenvalue weighted by atomic mass is 10.0. The van der Waals surface area contributed by atoms with Crippen LogP contribution < -0.4 is 5.32 Å². The highest BCUT2D eigenvalue weighted by atomic mass is 32.2. The van der Waals surface area contributed by atoms with Gasteiger partial charge < -0.3 is 10.2 Å². The first-order valence-electron chi connectivity index (χ1n) is 7.14. The van der Waals surface area contributed by atoms with Crippen LogP contribution in [0.15, 0.2) is 0 Å². The molecule has 0 bridgehead atoms. The Morgan fingerprint density at radius 2 is 2.12 bits per heavy atom. The highest BCUT2D eigenvalue weighted by Crippen LogP contribution is 2.32. The van der Waals surface area contributed by atoms with Crippen LogP contribution in [0.25, 0.3) is 0 Å². The van der Waals surface area contributed by atoms with Crippen LogP contribution in [0.3, 0.4) is 0 Å². The molecule has 1 saturated heterocycles. The van der Waals surface area contributed by atoms with Gasteiger partial charge in [-0.1, -0.05) is 20.3 Å². The Morgan fingerprint density at radius 1 is 1.29 bits per heavy atom. The zero-order valence-electron chi connectivity index (χ0n) is 11.7. The molecule has 1 heterocycles. The van der Waals surface area contributed by atoms with Crippen LogP contribution in [-0.4, -0.2) is 48.1 Å². The lowest BCUT2D eigenvalue weighted by molar-refractivity contribution is 0.223. The van der Waals surface area contributed by atoms with Gasteiger partial charge in [0.05, 0.1) is 0 Å². The van der Waals surface area contributed by atoms with Crippen molar-refractivity contribution in [2.45, 2.75) is 50.3 Å². The zero-order chi connectivity index (χ0) is 12.3. The van der Waals surface area contributed by atoms with Crippen LogP contribution in [0.1, 0.15) is 39.5 Å². The van der Waals surface area contributed by atoms with Gasteiger partial charge in [-0.15, -0.1) is 0 Å². The molecule has 0 aromatic rings. The van der Waals surface area contributed by atoms with Crippen molar-refractivity contribution in [3.05, 3.63) is 0 Å². The van der Waals surface area contributed by atoms with Gasteiger partial charge in [0.25, 0.3) is 0 Å². The van der Waals surface area contributed by atoms with Crippen LogP contribution in [0.2, 0.25) is 0 Å². The van der Waals surface area contributed by atoms with Gasteiger partial charge in [-0.3, -0.25) is 0 Å². The molecule has 0 aromatic heterocycles. The molecule has 2 rings (SSSR count). The number of nitrogens with one attached hydrogen (secondary N) is 1. The van der Waals surface area contributed by atoms with E-state index in [0.29, 0.717) is 4.75 Å². The summed E-state index contributed by atoms with van der Waals surface area (Å²) in [6, 6.07) is 0.777. The molecular weight excluding hydrogens is 228 g/mol. The minimum absolute atomic E-state index is 0.493. The monoisotopic (exact) mass is 256 g/mol. The van der Waals surface area contributed by atoms with Gasteiger partial charge in [-0.05, 0) is 38.8 Å². The van der Waals surface area contributed by atoms with Crippen LogP contribution in [-0.2, 0) is 0 Å². The van der Waals surface area contributed by atoms with E-state index in [0.717, 1.165) is 12.0 Å². The van der Waals surface area contributed by atoms with Gasteiger partial charge in [-0.2, -0.15) is 11.8 Å². The largest absolute Gasteiger partial charge is 0.317 e. The fourth-order valence-corrected chi connectivity index (χ4v) is 4.35. The van der Waals surface area contributed by atoms with E-state index in [1.165, 1.54) is 51.1 Å². The van der Waals surface area contributed by atoms with E-state index >= 15 is 0 Å². The van der Waals surface area contributed by atoms with Crippen molar-refractivity contribution in [1.82, 2.24) is 10.2 Å². The van der Waals surface area contributed by atoms with Crippen LogP contribution >= 0.6 is 11.8 Å². The van der Waals surface area contributed by atoms with E-state index in [9.17, 15) is 0 Å². The second kappa shape index (κ2) is 5.94. The molecule has 0 radical (unpaired) electrons. The summed E-state index contributed by atoms with van der Waals surface area (Å²) in [4.78, 5) is 2.71. The maximum atomic E-state index is 3.50. The fraction of sp³-hybridized carbons (Fsp3) is 1.00. The summed E-state index contributed by atoms with van der Waals surface area (Å²) in [6.07, 6.45) is 5.58. The first-order chi connectivity index (χ1) is 8.11. The maximum Gasteiger partial charge on any atom is 0.0116 e. The van der Waals surface area contributed by atoms with E-state index in [1.54, 1.807) is 0 Å². The summed E-state index contributed by atoms with van der Waals surface area (Å²) in [5.41, 5.74) is 0. The molecule has 3 heteroatoms. The molecule has 2 fully saturated rings. The SMILES string of the molecule is CNC1CCCC1CN1CCSC(C)(C)CC1. The van der Waals surface area contributed by atoms with Gasteiger partial charge >= 0.3 is 0 Å². The fourth-order valence-electron chi connectivity index (χ4n) is 3.21. The smallest absolute Gasteiger partial charge is 0.0116 e. The first-order valence-corrected chi connectivity index (χ1v) is 8.13. The maximum absolute atomic E-state index is 3.50. The number of hydrogen-bond donors (Lipinski definition) is 1. The Morgan fingerprint density at radius 3 is 2.88 bits per heavy atom. The highest BCUT2D eigenvalue weighted by Gasteiger charge is 2.29. The summed E-state index contributed by atoms with van der Waals surface area (Å²) in [5.74, 6) is 2.20. The van der Waals surface area contributed by atoms with E-state index in [2.05, 4.69) is 42.9 Å². The Labute approximate surface area is 111 Å². The molecule has 2 nitrogen and oxygen atoms in total. The number of thioether (sulfide) groups is 1. The molecule has 100 valence electrons. The standard InChI is InChI=1S/C14H28N2S/c1-14(2)7-8-16(9-10-17-14)11-12-5-4-6-13(12)15-3/h12-13,15H,4-11H2,1-3H3. The Bertz CT molecular complexity index is 242. The molecule has 0 aromatic carbocycles. The van der Waals surface area contributed by atoms with Crippen molar-refractivity contribution in [3.8, 4) is 0 Å². The Balaban J connectivity index is 1.82. The van der Waals surface area contributed by atoms with E-state index < -0.39 is 0 Å². The molecule has 0 amide bonds. The van der Waals surface area contributed by atoms with Gasteiger partial charge in [0.15, 0.2) is 0 Å². The number of rotatable bonds is 3. The summed E-state index contributed by atoms with van der Waals surface area (Å²) in [6.45, 7) is 8.70. The van der Waals surface area contributed by atoms with Gasteiger partial charge in [-0.25, -0.2) is 0 Å². The lowest BCUT2D eigenvalue weighted by Crippen LogP contribution is -2.39. The molecule has 1 N–H and O–H groups in total. The van der Waals surface area contributed by atoms with E-state index in [4.69, 9.17) is 0 Å². The van der Waals surface area contributed by atoms with Crippen molar-refractivity contribution >= 4 is 11.8 Å². The Kier molecular flexibility index (Phi) is 4.79. The summed E-state index contributed by atoms with van der Waals surface area (Å²) < 4.78 is 0.493. The number of nitrogens with zero attached hydrogens (tertiary/aromatic N) is 1. The van der Waals surface area contributed by atoms with Crippen molar-refractivity contribution in [3.63, 3.8) is 0 Å². The van der Waals surface area contributed by atoms with Crippen LogP contribution in [0.5, 0.6) is 0 Å². The second-order valence-electron chi connectivity index (χ2n) is 6.24. The first kappa shape index (κ1) is 13.7. The molecule has 1 aliphatic heterocycles. The summed E-state index contributed by atoms with van der Waals surface area (Å²) >= 11 is 2.15. The normalized spacial score (nSPS) is 34.8. The van der Waals surface area contributed by atoms with Gasteiger partial charge in [0, 0.05) is 29.6 Å². The van der Waals surface area contributed by atoms with Gasteiger partial charge in [0.2, 0.25) is 0 Å². The molecule has 2 atom stereocenters. The minimum Gasteiger partial charge on any atom is -0.317 e. The van der Waals surface area contributed by atoms with Gasteiger partial charge in [0.1, 0.15) is 0 Å². The van der Waals surface area contributed by atoms with Crippen LogP contribution in [0.4, 0.5) is 0 Å². The third-order valence-electron chi connectivity index (χ3n) is 4.45. The zero-order valence-corrected chi connectivity index (χ0v) is 12.5. The van der Waals surface area contributed by atoms with Crippen molar-refractivity contribution < 1.29 is 0 Å². The van der Waals surface area contributed by atoms with Crippen molar-refractivity contribution in [2.75, 3.05) is 32.4 Å². The molecular formula is C14H28N2S. The molecule has 1 saturated carbocycles. The average Bonchev–Trinajstić information content (AvgIpc) is 2.65. The predicted molar refractivity (Wildman–Crippen MR) is 77.8 cm³/mol. The molecule has 17 heavy (non-hydrogen) atoms. The Hall–Kier alpha value is 0.270. The predicted octanol–water partition coefficient (Wildman–Crippen LogP) is 2.59. The topological polar surface area (TPSA) is 15.3 Å². The molecule has 0 spiro atoms. The van der Waals surface area contributed by atoms with Crippen LogP contribution in [0, 0.1) is 5.92 Å². The highest BCUT2D eigenvalue weighted by molar-refractivity contribution is 8.00. The van der Waals surface area contributed by atoms with Crippen molar-refractivity contribution in [1.29, 1.82) is 0 Å². The quantitative estimate of drug-likeness (QED) is 0.835. The van der Waals surface area contributed by atoms with Crippen molar-refractivity contribution in [2.24, 2.45) is 5.92 Å². The molecule has 2 aliphatic rings. The molecule has 2 unspecified atom stereocenters. The summed E-state index contributed by atoms with van der Waals surface area (Å²) in [7, 11) is 2.13. The third kappa shape index (κ3) is 3.87. The second-order valence-corrected chi connectivity index (χ2v) is 8.05. The van der Waals surface area contributed by atoms with E-state index in [1.807, 2.05) is 0 Å². The van der Waals surface area contributed by atoms with E-state index in [-0.39, 0.29) is 0 Å².